The van der Waals surface area contributed by atoms with Crippen molar-refractivity contribution in [2.75, 3.05) is 33.4 Å². The Balaban J connectivity index is 1.65. The van der Waals surface area contributed by atoms with Gasteiger partial charge in [-0.15, -0.1) is 0 Å². The molecule has 1 fully saturated rings. The number of ether oxygens (including phenoxy) is 1. The first-order valence-electron chi connectivity index (χ1n) is 13.3. The van der Waals surface area contributed by atoms with Crippen LogP contribution >= 0.6 is 0 Å². The number of hydrogen-bond donors (Lipinski definition) is 3. The molecule has 0 spiro atoms. The van der Waals surface area contributed by atoms with Crippen LogP contribution < -0.4 is 15.5 Å². The maximum Gasteiger partial charge on any atom is 0.243 e. The van der Waals surface area contributed by atoms with E-state index >= 15 is 0 Å². The van der Waals surface area contributed by atoms with Gasteiger partial charge in [-0.3, -0.25) is 0 Å². The van der Waals surface area contributed by atoms with Crippen LogP contribution in [0.3, 0.4) is 0 Å². The standard InChI is InChI=1S/C27H39N5O5S/c1-6-8-20-16-31(5)26-18(3)29-27(30-25(20)26)22-15-21(9-10-24(22)36-7-2)38(34,35)32-13-11-19(12-14-32)23(33)17-37-28-4/h9-10,15-16,19,23,28,33H,3,6-8,11-14,17H2,1-2,4-5H3,(H,29,30)/p+1. The second-order valence-corrected chi connectivity index (χ2v) is 11.7. The number of aliphatic hydroxyl groups is 1. The second-order valence-electron chi connectivity index (χ2n) is 9.75. The maximum absolute atomic E-state index is 13.7. The Morgan fingerprint density at radius 3 is 2.68 bits per heavy atom. The molecule has 1 unspecified atom stereocenters. The normalized spacial score (nSPS) is 17.6. The number of piperidine rings is 1. The summed E-state index contributed by atoms with van der Waals surface area (Å²) in [5, 5.41) is 13.6. The number of nitrogens with zero attached hydrogens (tertiary/aromatic N) is 3. The molecule has 10 nitrogen and oxygen atoms in total. The summed E-state index contributed by atoms with van der Waals surface area (Å²) in [5.41, 5.74) is 5.73. The number of rotatable bonds is 11. The van der Waals surface area contributed by atoms with Crippen LogP contribution in [0.2, 0.25) is 0 Å². The van der Waals surface area contributed by atoms with Gasteiger partial charge >= 0.3 is 0 Å². The van der Waals surface area contributed by atoms with Crippen LogP contribution in [-0.4, -0.2) is 67.7 Å². The lowest BCUT2D eigenvalue weighted by atomic mass is 9.93. The Morgan fingerprint density at radius 1 is 1.29 bits per heavy atom. The smallest absolute Gasteiger partial charge is 0.243 e. The average Bonchev–Trinajstić information content (AvgIpc) is 3.23. The minimum absolute atomic E-state index is 0.00137. The van der Waals surface area contributed by atoms with Crippen LogP contribution in [0.5, 0.6) is 5.75 Å². The zero-order chi connectivity index (χ0) is 27.4. The zero-order valence-electron chi connectivity index (χ0n) is 22.7. The Hall–Kier alpha value is -2.70. The minimum Gasteiger partial charge on any atom is -0.493 e. The first-order chi connectivity index (χ1) is 18.2. The summed E-state index contributed by atoms with van der Waals surface area (Å²) < 4.78 is 36.7. The van der Waals surface area contributed by atoms with Gasteiger partial charge in [0.1, 0.15) is 18.2 Å². The molecule has 1 atom stereocenters. The molecule has 11 heteroatoms. The molecule has 4 rings (SSSR count). The lowest BCUT2D eigenvalue weighted by Gasteiger charge is -2.33. The lowest BCUT2D eigenvalue weighted by molar-refractivity contribution is -0.879. The number of hydroxylamine groups is 1. The highest BCUT2D eigenvalue weighted by molar-refractivity contribution is 7.89. The number of amidine groups is 1. The van der Waals surface area contributed by atoms with E-state index in [4.69, 9.17) is 14.6 Å². The summed E-state index contributed by atoms with van der Waals surface area (Å²) in [7, 11) is -0.0204. The number of hydrogen-bond acceptors (Lipinski definition) is 7. The van der Waals surface area contributed by atoms with Crippen molar-refractivity contribution in [2.24, 2.45) is 18.0 Å². The van der Waals surface area contributed by atoms with E-state index in [2.05, 4.69) is 25.0 Å². The van der Waals surface area contributed by atoms with Crippen molar-refractivity contribution in [3.63, 3.8) is 0 Å². The largest absolute Gasteiger partial charge is 0.493 e. The monoisotopic (exact) mass is 546 g/mol. The molecule has 0 aliphatic carbocycles. The third-order valence-electron chi connectivity index (χ3n) is 7.15. The van der Waals surface area contributed by atoms with Gasteiger partial charge in [0.25, 0.3) is 0 Å². The van der Waals surface area contributed by atoms with E-state index in [1.165, 1.54) is 4.31 Å². The highest BCUT2D eigenvalue weighted by Gasteiger charge is 2.33. The van der Waals surface area contributed by atoms with E-state index in [1.807, 2.05) is 18.5 Å². The summed E-state index contributed by atoms with van der Waals surface area (Å²) >= 11 is 0. The first kappa shape index (κ1) is 28.3. The van der Waals surface area contributed by atoms with Gasteiger partial charge in [0.15, 0.2) is 0 Å². The molecule has 38 heavy (non-hydrogen) atoms. The molecule has 2 aromatic rings. The Kier molecular flexibility index (Phi) is 8.94. The zero-order valence-corrected chi connectivity index (χ0v) is 23.6. The van der Waals surface area contributed by atoms with Crippen molar-refractivity contribution in [1.82, 2.24) is 14.2 Å². The van der Waals surface area contributed by atoms with Crippen LogP contribution in [0.1, 0.15) is 49.9 Å². The fourth-order valence-electron chi connectivity index (χ4n) is 5.20. The van der Waals surface area contributed by atoms with E-state index < -0.39 is 16.1 Å². The summed E-state index contributed by atoms with van der Waals surface area (Å²) in [5.74, 6) is 1.07. The topological polar surface area (TPSA) is 122 Å². The van der Waals surface area contributed by atoms with Gasteiger partial charge < -0.3 is 19.7 Å². The number of aliphatic imine (C=N–C) groups is 1. The molecule has 2 aliphatic heterocycles. The van der Waals surface area contributed by atoms with Gasteiger partial charge in [-0.1, -0.05) is 19.9 Å². The number of aromatic nitrogens is 1. The molecule has 2 aliphatic rings. The van der Waals surface area contributed by atoms with Crippen molar-refractivity contribution in [3.05, 3.63) is 47.8 Å². The third-order valence-corrected chi connectivity index (χ3v) is 9.04. The van der Waals surface area contributed by atoms with Crippen molar-refractivity contribution < 1.29 is 28.6 Å². The van der Waals surface area contributed by atoms with E-state index in [9.17, 15) is 13.5 Å². The van der Waals surface area contributed by atoms with Crippen LogP contribution in [0, 0.1) is 5.92 Å². The quantitative estimate of drug-likeness (QED) is 0.370. The lowest BCUT2D eigenvalue weighted by Crippen LogP contribution is -2.79. The number of fused-ring (bicyclic) bond motifs is 1. The summed E-state index contributed by atoms with van der Waals surface area (Å²) in [6.07, 6.45) is 4.47. The van der Waals surface area contributed by atoms with Crippen LogP contribution in [0.25, 0.3) is 5.70 Å². The van der Waals surface area contributed by atoms with Crippen molar-refractivity contribution in [1.29, 1.82) is 0 Å². The number of nitrogens with one attached hydrogen (secondary N) is 1. The molecule has 208 valence electrons. The van der Waals surface area contributed by atoms with Crippen molar-refractivity contribution in [3.8, 4) is 5.75 Å². The van der Waals surface area contributed by atoms with E-state index in [0.717, 1.165) is 29.8 Å². The predicted octanol–water partition coefficient (Wildman–Crippen LogP) is 1.91. The second kappa shape index (κ2) is 12.0. The fourth-order valence-corrected chi connectivity index (χ4v) is 6.69. The molecular weight excluding hydrogens is 506 g/mol. The number of sulfonamides is 1. The van der Waals surface area contributed by atoms with Gasteiger partial charge in [-0.2, -0.15) is 4.31 Å². The molecule has 3 heterocycles. The molecule has 4 N–H and O–H groups in total. The molecule has 1 aromatic carbocycles. The SMILES string of the molecule is C=C1NC(c2cc(S(=O)(=O)N3CCC(C(O)CO[NH2+]C)CC3)ccc2OCC)=Nc2c(CCC)cn(C)c21. The molecule has 1 saturated heterocycles. The van der Waals surface area contributed by atoms with Crippen LogP contribution in [-0.2, 0) is 28.3 Å². The molecule has 0 saturated carbocycles. The highest BCUT2D eigenvalue weighted by Crippen LogP contribution is 2.36. The summed E-state index contributed by atoms with van der Waals surface area (Å²) in [6.45, 7) is 9.56. The van der Waals surface area contributed by atoms with Crippen LogP contribution in [0.4, 0.5) is 5.69 Å². The maximum atomic E-state index is 13.7. The molecule has 0 radical (unpaired) electrons. The average molecular weight is 547 g/mol. The highest BCUT2D eigenvalue weighted by atomic mass is 32.2. The van der Waals surface area contributed by atoms with E-state index in [1.54, 1.807) is 30.7 Å². The number of aliphatic hydroxyl groups excluding tert-OH is 1. The first-order valence-corrected chi connectivity index (χ1v) is 14.7. The van der Waals surface area contributed by atoms with Gasteiger partial charge in [0, 0.05) is 26.3 Å². The number of benzene rings is 1. The van der Waals surface area contributed by atoms with Crippen molar-refractivity contribution >= 4 is 27.2 Å². The van der Waals surface area contributed by atoms with Gasteiger partial charge in [0.2, 0.25) is 10.0 Å². The van der Waals surface area contributed by atoms with E-state index in [-0.39, 0.29) is 17.4 Å². The Bertz CT molecular complexity index is 1300. The Labute approximate surface area is 225 Å². The minimum atomic E-state index is -3.76. The van der Waals surface area contributed by atoms with Crippen LogP contribution in [0.15, 0.2) is 40.9 Å². The van der Waals surface area contributed by atoms with Gasteiger partial charge in [0.05, 0.1) is 47.3 Å². The predicted molar refractivity (Wildman–Crippen MR) is 147 cm³/mol. The van der Waals surface area contributed by atoms with Gasteiger partial charge in [-0.25, -0.2) is 23.7 Å². The fraction of sp³-hybridized carbons (Fsp3) is 0.519. The molecule has 0 bridgehead atoms. The van der Waals surface area contributed by atoms with Crippen molar-refractivity contribution in [2.45, 2.75) is 50.5 Å². The summed E-state index contributed by atoms with van der Waals surface area (Å²) in [6, 6.07) is 4.92. The molecular formula is C27H40N5O5S+. The number of quaternary nitrogens is 1. The Morgan fingerprint density at radius 2 is 2.03 bits per heavy atom. The summed E-state index contributed by atoms with van der Waals surface area (Å²) in [4.78, 5) is 10.3. The third kappa shape index (κ3) is 5.67. The van der Waals surface area contributed by atoms with Gasteiger partial charge in [-0.05, 0) is 55.9 Å². The number of aryl methyl sites for hydroxylation is 2. The number of nitrogens with two attached hydrogens (primary N) is 1. The molecule has 1 aromatic heterocycles. The molecule has 0 amide bonds. The van der Waals surface area contributed by atoms with E-state index in [0.29, 0.717) is 55.4 Å².